The lowest BCUT2D eigenvalue weighted by atomic mass is 9.92. The first-order valence-electron chi connectivity index (χ1n) is 7.37. The lowest BCUT2D eigenvalue weighted by molar-refractivity contribution is -0.123. The van der Waals surface area contributed by atoms with Crippen LogP contribution in [0.2, 0.25) is 0 Å². The molecule has 1 rings (SSSR count). The van der Waals surface area contributed by atoms with Gasteiger partial charge >= 0.3 is 0 Å². The number of rotatable bonds is 7. The molecule has 0 aliphatic heterocycles. The van der Waals surface area contributed by atoms with Crippen LogP contribution in [0.15, 0.2) is 24.3 Å². The largest absolute Gasteiger partial charge is 0.394 e. The predicted octanol–water partition coefficient (Wildman–Crippen LogP) is 2.60. The van der Waals surface area contributed by atoms with E-state index in [9.17, 15) is 4.79 Å². The van der Waals surface area contributed by atoms with Crippen LogP contribution in [0.3, 0.4) is 0 Å². The summed E-state index contributed by atoms with van der Waals surface area (Å²) < 4.78 is 5.63. The molecule has 0 aliphatic rings. The van der Waals surface area contributed by atoms with Crippen molar-refractivity contribution in [3.05, 3.63) is 35.4 Å². The van der Waals surface area contributed by atoms with E-state index in [1.165, 1.54) is 5.56 Å². The molecule has 0 aromatic heterocycles. The van der Waals surface area contributed by atoms with E-state index in [4.69, 9.17) is 9.84 Å². The predicted molar refractivity (Wildman–Crippen MR) is 84.0 cm³/mol. The smallest absolute Gasteiger partial charge is 0.220 e. The molecular formula is C17H27NO3. The standard InChI is InChI=1S/C17H27NO3/c1-13-5-7-14(8-6-13)15(21-10-9-19)12-18-16(20)11-17(2,3)4/h5-8,15,19H,9-12H2,1-4H3,(H,18,20)/t15-/m1/s1. The summed E-state index contributed by atoms with van der Waals surface area (Å²) >= 11 is 0. The quantitative estimate of drug-likeness (QED) is 0.812. The maximum Gasteiger partial charge on any atom is 0.220 e. The lowest BCUT2D eigenvalue weighted by Gasteiger charge is -2.21. The van der Waals surface area contributed by atoms with Crippen molar-refractivity contribution in [2.75, 3.05) is 19.8 Å². The third-order valence-electron chi connectivity index (χ3n) is 3.03. The Balaban J connectivity index is 2.62. The minimum Gasteiger partial charge on any atom is -0.394 e. The Labute approximate surface area is 127 Å². The van der Waals surface area contributed by atoms with Gasteiger partial charge in [0.15, 0.2) is 0 Å². The van der Waals surface area contributed by atoms with Gasteiger partial charge in [-0.2, -0.15) is 0 Å². The van der Waals surface area contributed by atoms with Gasteiger partial charge in [0.2, 0.25) is 5.91 Å². The van der Waals surface area contributed by atoms with Crippen molar-refractivity contribution in [3.63, 3.8) is 0 Å². The zero-order valence-corrected chi connectivity index (χ0v) is 13.5. The van der Waals surface area contributed by atoms with Crippen molar-refractivity contribution in [1.82, 2.24) is 5.32 Å². The van der Waals surface area contributed by atoms with Gasteiger partial charge < -0.3 is 15.2 Å². The number of hydrogen-bond donors (Lipinski definition) is 2. The van der Waals surface area contributed by atoms with Gasteiger partial charge in [-0.05, 0) is 17.9 Å². The first-order valence-corrected chi connectivity index (χ1v) is 7.37. The first-order chi connectivity index (χ1) is 9.81. The zero-order valence-electron chi connectivity index (χ0n) is 13.5. The molecule has 4 nitrogen and oxygen atoms in total. The molecule has 1 atom stereocenters. The third kappa shape index (κ3) is 7.25. The highest BCUT2D eigenvalue weighted by atomic mass is 16.5. The van der Waals surface area contributed by atoms with Crippen molar-refractivity contribution in [3.8, 4) is 0 Å². The van der Waals surface area contributed by atoms with E-state index in [0.29, 0.717) is 13.0 Å². The van der Waals surface area contributed by atoms with Gasteiger partial charge in [-0.25, -0.2) is 0 Å². The van der Waals surface area contributed by atoms with Gasteiger partial charge in [0.05, 0.1) is 19.3 Å². The highest BCUT2D eigenvalue weighted by Gasteiger charge is 2.18. The minimum atomic E-state index is -0.235. The fourth-order valence-electron chi connectivity index (χ4n) is 2.00. The summed E-state index contributed by atoms with van der Waals surface area (Å²) in [7, 11) is 0. The van der Waals surface area contributed by atoms with Gasteiger partial charge in [0.1, 0.15) is 0 Å². The first kappa shape index (κ1) is 17.7. The fourth-order valence-corrected chi connectivity index (χ4v) is 2.00. The third-order valence-corrected chi connectivity index (χ3v) is 3.03. The molecule has 0 aliphatic carbocycles. The van der Waals surface area contributed by atoms with Crippen molar-refractivity contribution in [2.24, 2.45) is 5.41 Å². The summed E-state index contributed by atoms with van der Waals surface area (Å²) in [5, 5.41) is 11.8. The Kier molecular flexibility index (Phi) is 6.85. The Bertz CT molecular complexity index is 434. The van der Waals surface area contributed by atoms with Crippen LogP contribution >= 0.6 is 0 Å². The highest BCUT2D eigenvalue weighted by Crippen LogP contribution is 2.20. The minimum absolute atomic E-state index is 0.0206. The molecule has 0 bridgehead atoms. The molecule has 4 heteroatoms. The van der Waals surface area contributed by atoms with Crippen LogP contribution in [0.4, 0.5) is 0 Å². The second-order valence-electron chi connectivity index (χ2n) is 6.54. The highest BCUT2D eigenvalue weighted by molar-refractivity contribution is 5.76. The van der Waals surface area contributed by atoms with Crippen LogP contribution in [-0.4, -0.2) is 30.8 Å². The van der Waals surface area contributed by atoms with Crippen molar-refractivity contribution in [1.29, 1.82) is 0 Å². The number of carbonyl (C=O) groups excluding carboxylic acids is 1. The maximum absolute atomic E-state index is 11.9. The van der Waals surface area contributed by atoms with Crippen molar-refractivity contribution in [2.45, 2.75) is 40.2 Å². The van der Waals surface area contributed by atoms with Gasteiger partial charge in [-0.3, -0.25) is 4.79 Å². The molecule has 0 spiro atoms. The topological polar surface area (TPSA) is 58.6 Å². The molecule has 21 heavy (non-hydrogen) atoms. The van der Waals surface area contributed by atoms with Crippen LogP contribution in [0.25, 0.3) is 0 Å². The Morgan fingerprint density at radius 3 is 2.43 bits per heavy atom. The molecule has 0 unspecified atom stereocenters. The molecule has 1 aromatic carbocycles. The average molecular weight is 293 g/mol. The Hall–Kier alpha value is -1.39. The van der Waals surface area contributed by atoms with Gasteiger partial charge in [-0.15, -0.1) is 0 Å². The summed E-state index contributed by atoms with van der Waals surface area (Å²) in [6, 6.07) is 8.02. The van der Waals surface area contributed by atoms with Gasteiger partial charge in [-0.1, -0.05) is 50.6 Å². The monoisotopic (exact) mass is 293 g/mol. The average Bonchev–Trinajstić information content (AvgIpc) is 2.38. The summed E-state index contributed by atoms with van der Waals surface area (Å²) in [4.78, 5) is 11.9. The number of ether oxygens (including phenoxy) is 1. The molecule has 0 fully saturated rings. The summed E-state index contributed by atoms with van der Waals surface area (Å²) in [5.41, 5.74) is 2.15. The second-order valence-corrected chi connectivity index (χ2v) is 6.54. The number of carbonyl (C=O) groups is 1. The molecule has 0 saturated heterocycles. The number of aryl methyl sites for hydroxylation is 1. The number of aliphatic hydroxyl groups is 1. The summed E-state index contributed by atoms with van der Waals surface area (Å²) in [6.45, 7) is 8.77. The van der Waals surface area contributed by atoms with E-state index in [1.807, 2.05) is 52.0 Å². The van der Waals surface area contributed by atoms with Crippen molar-refractivity contribution < 1.29 is 14.6 Å². The van der Waals surface area contributed by atoms with Crippen LogP contribution in [0, 0.1) is 12.3 Å². The maximum atomic E-state index is 11.9. The Morgan fingerprint density at radius 1 is 1.29 bits per heavy atom. The van der Waals surface area contributed by atoms with Gasteiger partial charge in [0.25, 0.3) is 0 Å². The zero-order chi connectivity index (χ0) is 15.9. The molecule has 118 valence electrons. The fraction of sp³-hybridized carbons (Fsp3) is 0.588. The molecule has 0 saturated carbocycles. The lowest BCUT2D eigenvalue weighted by Crippen LogP contribution is -2.32. The Morgan fingerprint density at radius 2 is 1.90 bits per heavy atom. The molecular weight excluding hydrogens is 266 g/mol. The van der Waals surface area contributed by atoms with Crippen LogP contribution in [0.1, 0.15) is 44.4 Å². The van der Waals surface area contributed by atoms with E-state index in [-0.39, 0.29) is 30.6 Å². The van der Waals surface area contributed by atoms with Crippen LogP contribution < -0.4 is 5.32 Å². The summed E-state index contributed by atoms with van der Waals surface area (Å²) in [6.07, 6.45) is 0.245. The van der Waals surface area contributed by atoms with Crippen LogP contribution in [0.5, 0.6) is 0 Å². The number of nitrogens with one attached hydrogen (secondary N) is 1. The van der Waals surface area contributed by atoms with E-state index < -0.39 is 0 Å². The number of aliphatic hydroxyl groups excluding tert-OH is 1. The molecule has 2 N–H and O–H groups in total. The number of benzene rings is 1. The molecule has 1 amide bonds. The summed E-state index contributed by atoms with van der Waals surface area (Å²) in [5.74, 6) is 0.0206. The van der Waals surface area contributed by atoms with E-state index in [0.717, 1.165) is 5.56 Å². The molecule has 0 heterocycles. The SMILES string of the molecule is Cc1ccc([C@@H](CNC(=O)CC(C)(C)C)OCCO)cc1. The second kappa shape index (κ2) is 8.15. The number of hydrogen-bond acceptors (Lipinski definition) is 3. The van der Waals surface area contributed by atoms with Crippen molar-refractivity contribution >= 4 is 5.91 Å². The molecule has 1 aromatic rings. The van der Waals surface area contributed by atoms with E-state index >= 15 is 0 Å². The van der Waals surface area contributed by atoms with E-state index in [2.05, 4.69) is 5.32 Å². The van der Waals surface area contributed by atoms with Crippen LogP contribution in [-0.2, 0) is 9.53 Å². The number of amides is 1. The van der Waals surface area contributed by atoms with Gasteiger partial charge in [0, 0.05) is 13.0 Å². The molecule has 0 radical (unpaired) electrons. The van der Waals surface area contributed by atoms with E-state index in [1.54, 1.807) is 0 Å². The normalized spacial score (nSPS) is 13.0.